The number of allylic oxidation sites excluding steroid dienone is 2. The number of amidine groups is 1. The minimum Gasteiger partial charge on any atom is -0.455 e. The van der Waals surface area contributed by atoms with Gasteiger partial charge in [0, 0.05) is 24.7 Å². The first-order valence-corrected chi connectivity index (χ1v) is 11.4. The molecule has 2 fully saturated rings. The van der Waals surface area contributed by atoms with Gasteiger partial charge in [-0.2, -0.15) is 5.10 Å². The maximum absolute atomic E-state index is 6.31. The molecule has 0 bridgehead atoms. The van der Waals surface area contributed by atoms with E-state index >= 15 is 0 Å². The molecule has 4 N–H and O–H groups in total. The van der Waals surface area contributed by atoms with Crippen molar-refractivity contribution in [2.24, 2.45) is 10.7 Å². The maximum Gasteiger partial charge on any atom is 0.283 e. The van der Waals surface area contributed by atoms with E-state index in [9.17, 15) is 0 Å². The summed E-state index contributed by atoms with van der Waals surface area (Å²) < 4.78 is 13.1. The summed E-state index contributed by atoms with van der Waals surface area (Å²) in [6.07, 6.45) is 11.8. The van der Waals surface area contributed by atoms with Gasteiger partial charge in [-0.25, -0.2) is 19.6 Å². The molecule has 2 aliphatic carbocycles. The van der Waals surface area contributed by atoms with E-state index in [1.165, 1.54) is 6.33 Å². The SMILES string of the molecule is NC1=NC2C=C(c3nn(C4CCC(N5CCOCC5)CC4)c4ncnc(N)c34)C=CC2O1. The third-order valence-corrected chi connectivity index (χ3v) is 7.05. The quantitative estimate of drug-likeness (QED) is 0.736. The van der Waals surface area contributed by atoms with E-state index in [1.54, 1.807) is 0 Å². The molecule has 0 amide bonds. The molecule has 2 atom stereocenters. The highest BCUT2D eigenvalue weighted by atomic mass is 16.5. The number of anilines is 1. The van der Waals surface area contributed by atoms with Gasteiger partial charge in [-0.1, -0.05) is 6.08 Å². The lowest BCUT2D eigenvalue weighted by atomic mass is 9.90. The molecule has 6 rings (SSSR count). The minimum atomic E-state index is -0.156. The molecule has 0 spiro atoms. The first kappa shape index (κ1) is 19.7. The minimum absolute atomic E-state index is 0.148. The largest absolute Gasteiger partial charge is 0.455 e. The smallest absolute Gasteiger partial charge is 0.283 e. The van der Waals surface area contributed by atoms with Gasteiger partial charge in [0.15, 0.2) is 5.65 Å². The molecule has 10 nitrogen and oxygen atoms in total. The van der Waals surface area contributed by atoms with Gasteiger partial charge in [-0.05, 0) is 37.8 Å². The molecule has 2 aromatic heterocycles. The fourth-order valence-corrected chi connectivity index (χ4v) is 5.40. The molecule has 168 valence electrons. The van der Waals surface area contributed by atoms with Gasteiger partial charge in [0.2, 0.25) is 0 Å². The number of rotatable bonds is 3. The zero-order chi connectivity index (χ0) is 21.7. The van der Waals surface area contributed by atoms with Crippen molar-refractivity contribution in [3.8, 4) is 0 Å². The van der Waals surface area contributed by atoms with Crippen molar-refractivity contribution in [3.05, 3.63) is 30.2 Å². The van der Waals surface area contributed by atoms with Gasteiger partial charge in [0.1, 0.15) is 30.0 Å². The molecular formula is C22H28N8O2. The number of morpholine rings is 1. The van der Waals surface area contributed by atoms with E-state index in [4.69, 9.17) is 26.0 Å². The Morgan fingerprint density at radius 1 is 1.00 bits per heavy atom. The van der Waals surface area contributed by atoms with Gasteiger partial charge in [-0.3, -0.25) is 4.90 Å². The number of hydrogen-bond donors (Lipinski definition) is 2. The van der Waals surface area contributed by atoms with Gasteiger partial charge >= 0.3 is 0 Å². The first-order valence-electron chi connectivity index (χ1n) is 11.4. The first-order chi connectivity index (χ1) is 15.7. The van der Waals surface area contributed by atoms with Crippen LogP contribution in [-0.4, -0.2) is 75.2 Å². The summed E-state index contributed by atoms with van der Waals surface area (Å²) in [4.78, 5) is 15.8. The van der Waals surface area contributed by atoms with Crippen molar-refractivity contribution in [1.82, 2.24) is 24.6 Å². The molecule has 1 saturated heterocycles. The summed E-state index contributed by atoms with van der Waals surface area (Å²) in [7, 11) is 0. The highest BCUT2D eigenvalue weighted by molar-refractivity contribution is 5.98. The summed E-state index contributed by atoms with van der Waals surface area (Å²) in [5, 5.41) is 5.83. The molecule has 0 aromatic carbocycles. The van der Waals surface area contributed by atoms with Crippen molar-refractivity contribution in [3.63, 3.8) is 0 Å². The van der Waals surface area contributed by atoms with Crippen LogP contribution in [0.5, 0.6) is 0 Å². The van der Waals surface area contributed by atoms with Crippen LogP contribution in [0.25, 0.3) is 16.6 Å². The summed E-state index contributed by atoms with van der Waals surface area (Å²) >= 11 is 0. The lowest BCUT2D eigenvalue weighted by Crippen LogP contribution is -2.45. The third-order valence-electron chi connectivity index (χ3n) is 7.05. The zero-order valence-electron chi connectivity index (χ0n) is 17.9. The number of nitrogens with zero attached hydrogens (tertiary/aromatic N) is 6. The highest BCUT2D eigenvalue weighted by Crippen LogP contribution is 2.37. The summed E-state index contributed by atoms with van der Waals surface area (Å²) in [5.74, 6) is 0.445. The van der Waals surface area contributed by atoms with Crippen LogP contribution in [0, 0.1) is 0 Å². The number of aromatic nitrogens is 4. The summed E-state index contributed by atoms with van der Waals surface area (Å²) in [6, 6.07) is 0.993. The predicted molar refractivity (Wildman–Crippen MR) is 121 cm³/mol. The highest BCUT2D eigenvalue weighted by Gasteiger charge is 2.33. The Hall–Kier alpha value is -2.98. The fraction of sp³-hybridized carbons (Fsp3) is 0.545. The Balaban J connectivity index is 1.30. The summed E-state index contributed by atoms with van der Waals surface area (Å²) in [5.41, 5.74) is 14.6. The second kappa shape index (κ2) is 7.86. The van der Waals surface area contributed by atoms with Crippen LogP contribution in [0.4, 0.5) is 5.82 Å². The molecule has 2 aliphatic heterocycles. The average Bonchev–Trinajstić information content (AvgIpc) is 3.40. The van der Waals surface area contributed by atoms with Crippen LogP contribution in [0.2, 0.25) is 0 Å². The topological polar surface area (TPSA) is 130 Å². The van der Waals surface area contributed by atoms with Crippen molar-refractivity contribution in [1.29, 1.82) is 0 Å². The lowest BCUT2D eigenvalue weighted by Gasteiger charge is -2.38. The molecule has 1 saturated carbocycles. The average molecular weight is 437 g/mol. The van der Waals surface area contributed by atoms with E-state index in [1.807, 2.05) is 18.2 Å². The maximum atomic E-state index is 6.31. The normalized spacial score (nSPS) is 30.6. The van der Waals surface area contributed by atoms with Crippen LogP contribution in [0.15, 0.2) is 29.5 Å². The van der Waals surface area contributed by atoms with Crippen LogP contribution in [0.3, 0.4) is 0 Å². The van der Waals surface area contributed by atoms with Gasteiger partial charge in [-0.15, -0.1) is 0 Å². The van der Waals surface area contributed by atoms with E-state index < -0.39 is 0 Å². The molecule has 4 heterocycles. The van der Waals surface area contributed by atoms with Gasteiger partial charge in [0.05, 0.1) is 24.6 Å². The van der Waals surface area contributed by atoms with Crippen LogP contribution >= 0.6 is 0 Å². The van der Waals surface area contributed by atoms with Gasteiger partial charge < -0.3 is 20.9 Å². The van der Waals surface area contributed by atoms with Crippen molar-refractivity contribution < 1.29 is 9.47 Å². The molecule has 2 unspecified atom stereocenters. The Morgan fingerprint density at radius 3 is 2.59 bits per heavy atom. The van der Waals surface area contributed by atoms with Crippen molar-refractivity contribution in [2.45, 2.75) is 49.9 Å². The molecule has 4 aliphatic rings. The summed E-state index contributed by atoms with van der Waals surface area (Å²) in [6.45, 7) is 3.75. The predicted octanol–water partition coefficient (Wildman–Crippen LogP) is 1.26. The standard InChI is InChI=1S/C22H28N8O2/c23-20-18-19(13-1-6-17-16(11-13)27-22(24)32-17)28-30(21(18)26-12-25-20)15-4-2-14(3-5-15)29-7-9-31-10-8-29/h1,6,11-12,14-17H,2-5,7-10H2,(H2,24,27)(H2,23,25,26). The van der Waals surface area contributed by atoms with Crippen LogP contribution in [0.1, 0.15) is 37.4 Å². The van der Waals surface area contributed by atoms with Gasteiger partial charge in [0.25, 0.3) is 6.02 Å². The number of aliphatic imine (C=N–C) groups is 1. The lowest BCUT2D eigenvalue weighted by molar-refractivity contribution is 0.00519. The number of nitrogens with two attached hydrogens (primary N) is 2. The molecule has 0 radical (unpaired) electrons. The number of ether oxygens (including phenoxy) is 2. The van der Waals surface area contributed by atoms with Crippen molar-refractivity contribution >= 4 is 28.4 Å². The molecule has 32 heavy (non-hydrogen) atoms. The Bertz CT molecular complexity index is 1110. The van der Waals surface area contributed by atoms with Crippen LogP contribution < -0.4 is 11.5 Å². The second-order valence-electron chi connectivity index (χ2n) is 8.88. The van der Waals surface area contributed by atoms with E-state index in [0.717, 1.165) is 74.3 Å². The Labute approximate surface area is 186 Å². The Morgan fingerprint density at radius 2 is 1.78 bits per heavy atom. The molecule has 2 aromatic rings. The molecule has 10 heteroatoms. The number of fused-ring (bicyclic) bond motifs is 2. The zero-order valence-corrected chi connectivity index (χ0v) is 17.9. The fourth-order valence-electron chi connectivity index (χ4n) is 5.40. The molecular weight excluding hydrogens is 408 g/mol. The van der Waals surface area contributed by atoms with E-state index in [0.29, 0.717) is 17.9 Å². The van der Waals surface area contributed by atoms with E-state index in [2.05, 4.69) is 24.5 Å². The van der Waals surface area contributed by atoms with Crippen LogP contribution in [-0.2, 0) is 9.47 Å². The number of hydrogen-bond acceptors (Lipinski definition) is 9. The second-order valence-corrected chi connectivity index (χ2v) is 8.88. The number of nitrogen functional groups attached to an aromatic ring is 1. The third kappa shape index (κ3) is 3.34. The monoisotopic (exact) mass is 436 g/mol. The van der Waals surface area contributed by atoms with Crippen molar-refractivity contribution in [2.75, 3.05) is 32.0 Å². The van der Waals surface area contributed by atoms with E-state index in [-0.39, 0.29) is 18.2 Å². The Kier molecular flexibility index (Phi) is 4.83.